The maximum absolute atomic E-state index is 12.2. The molecule has 22 heavy (non-hydrogen) atoms. The lowest BCUT2D eigenvalue weighted by Gasteiger charge is -2.11. The normalized spacial score (nSPS) is 10.6. The molecule has 0 atom stereocenters. The molecule has 0 radical (unpaired) electrons. The summed E-state index contributed by atoms with van der Waals surface area (Å²) in [6.07, 6.45) is 0.0791. The molecule has 0 saturated heterocycles. The van der Waals surface area contributed by atoms with Crippen molar-refractivity contribution in [1.29, 1.82) is 0 Å². The highest BCUT2D eigenvalue weighted by atomic mass is 35.5. The zero-order valence-electron chi connectivity index (χ0n) is 12.2. The van der Waals surface area contributed by atoms with Gasteiger partial charge in [0.25, 0.3) is 5.91 Å². The van der Waals surface area contributed by atoms with Crippen LogP contribution in [0.5, 0.6) is 5.75 Å². The minimum Gasteiger partial charge on any atom is -0.491 e. The average Bonchev–Trinajstić information content (AvgIpc) is 2.44. The third-order valence-electron chi connectivity index (χ3n) is 2.82. The van der Waals surface area contributed by atoms with Crippen LogP contribution in [-0.2, 0) is 0 Å². The van der Waals surface area contributed by atoms with Gasteiger partial charge in [-0.15, -0.1) is 0 Å². The molecule has 2 aromatic carbocycles. The maximum Gasteiger partial charge on any atom is 0.255 e. The number of nitrogen functional groups attached to an aromatic ring is 1. The molecule has 0 spiro atoms. The maximum atomic E-state index is 12.2. The van der Waals surface area contributed by atoms with Crippen LogP contribution < -0.4 is 15.8 Å². The van der Waals surface area contributed by atoms with Crippen LogP contribution in [0.25, 0.3) is 0 Å². The van der Waals surface area contributed by atoms with Gasteiger partial charge in [-0.05, 0) is 50.2 Å². The highest BCUT2D eigenvalue weighted by molar-refractivity contribution is 6.37. The second-order valence-corrected chi connectivity index (χ2v) is 5.81. The molecule has 0 aliphatic rings. The highest BCUT2D eigenvalue weighted by Gasteiger charge is 2.11. The molecule has 6 heteroatoms. The molecule has 0 saturated carbocycles. The van der Waals surface area contributed by atoms with E-state index in [1.165, 1.54) is 12.1 Å². The van der Waals surface area contributed by atoms with Gasteiger partial charge in [-0.1, -0.05) is 23.2 Å². The molecule has 2 aromatic rings. The molecule has 0 bridgehead atoms. The topological polar surface area (TPSA) is 64.3 Å². The number of hydrogen-bond donors (Lipinski definition) is 2. The van der Waals surface area contributed by atoms with Gasteiger partial charge < -0.3 is 15.8 Å². The van der Waals surface area contributed by atoms with E-state index in [1.807, 2.05) is 13.8 Å². The SMILES string of the molecule is CC(C)Oc1ccc(C(=O)Nc2cc(Cl)c(N)cc2Cl)cc1. The van der Waals surface area contributed by atoms with Crippen LogP contribution in [0, 0.1) is 0 Å². The van der Waals surface area contributed by atoms with Crippen molar-refractivity contribution in [2.45, 2.75) is 20.0 Å². The molecule has 0 unspecified atom stereocenters. The Labute approximate surface area is 139 Å². The molecular formula is C16H16Cl2N2O2. The number of nitrogens with two attached hydrogens (primary N) is 1. The molecular weight excluding hydrogens is 323 g/mol. The van der Waals surface area contributed by atoms with Crippen LogP contribution in [0.4, 0.5) is 11.4 Å². The summed E-state index contributed by atoms with van der Waals surface area (Å²) in [6.45, 7) is 3.88. The summed E-state index contributed by atoms with van der Waals surface area (Å²) in [5.74, 6) is 0.416. The zero-order chi connectivity index (χ0) is 16.3. The minimum absolute atomic E-state index is 0.0791. The second-order valence-electron chi connectivity index (χ2n) is 5.00. The van der Waals surface area contributed by atoms with Crippen LogP contribution in [0.15, 0.2) is 36.4 Å². The molecule has 4 nitrogen and oxygen atoms in total. The summed E-state index contributed by atoms with van der Waals surface area (Å²) in [5.41, 5.74) is 6.90. The fraction of sp³-hybridized carbons (Fsp3) is 0.188. The van der Waals surface area contributed by atoms with Gasteiger partial charge in [0.15, 0.2) is 0 Å². The number of anilines is 2. The van der Waals surface area contributed by atoms with Crippen molar-refractivity contribution in [2.24, 2.45) is 0 Å². The first-order valence-corrected chi connectivity index (χ1v) is 7.45. The first kappa shape index (κ1) is 16.5. The molecule has 2 rings (SSSR count). The van der Waals surface area contributed by atoms with Gasteiger partial charge in [0.05, 0.1) is 27.5 Å². The molecule has 1 amide bonds. The third-order valence-corrected chi connectivity index (χ3v) is 3.46. The predicted molar refractivity (Wildman–Crippen MR) is 91.0 cm³/mol. The lowest BCUT2D eigenvalue weighted by atomic mass is 10.2. The minimum atomic E-state index is -0.293. The number of hydrogen-bond acceptors (Lipinski definition) is 3. The molecule has 0 aliphatic heterocycles. The van der Waals surface area contributed by atoms with Gasteiger partial charge in [0.2, 0.25) is 0 Å². The molecule has 0 aliphatic carbocycles. The van der Waals surface area contributed by atoms with Crippen molar-refractivity contribution >= 4 is 40.5 Å². The number of carbonyl (C=O) groups is 1. The van der Waals surface area contributed by atoms with E-state index in [0.717, 1.165) is 0 Å². The van der Waals surface area contributed by atoms with Gasteiger partial charge in [0.1, 0.15) is 5.75 Å². The van der Waals surface area contributed by atoms with Gasteiger partial charge >= 0.3 is 0 Å². The van der Waals surface area contributed by atoms with E-state index in [9.17, 15) is 4.79 Å². The van der Waals surface area contributed by atoms with E-state index in [1.54, 1.807) is 24.3 Å². The van der Waals surface area contributed by atoms with Crippen molar-refractivity contribution in [3.63, 3.8) is 0 Å². The summed E-state index contributed by atoms with van der Waals surface area (Å²) >= 11 is 12.0. The monoisotopic (exact) mass is 338 g/mol. The number of carbonyl (C=O) groups excluding carboxylic acids is 1. The smallest absolute Gasteiger partial charge is 0.255 e. The Morgan fingerprint density at radius 1 is 1.14 bits per heavy atom. The van der Waals surface area contributed by atoms with Crippen LogP contribution >= 0.6 is 23.2 Å². The van der Waals surface area contributed by atoms with Gasteiger partial charge in [0, 0.05) is 5.56 Å². The van der Waals surface area contributed by atoms with Crippen molar-refractivity contribution in [1.82, 2.24) is 0 Å². The molecule has 3 N–H and O–H groups in total. The molecule has 0 aromatic heterocycles. The van der Waals surface area contributed by atoms with Crippen molar-refractivity contribution < 1.29 is 9.53 Å². The molecule has 116 valence electrons. The predicted octanol–water partition coefficient (Wildman–Crippen LogP) is 4.62. The number of amides is 1. The fourth-order valence-electron chi connectivity index (χ4n) is 1.81. The Hall–Kier alpha value is -1.91. The summed E-state index contributed by atoms with van der Waals surface area (Å²) in [7, 11) is 0. The Bertz CT molecular complexity index is 685. The Morgan fingerprint density at radius 2 is 1.77 bits per heavy atom. The van der Waals surface area contributed by atoms with Crippen molar-refractivity contribution in [3.8, 4) is 5.75 Å². The summed E-state index contributed by atoms with van der Waals surface area (Å²) < 4.78 is 5.53. The standard InChI is InChI=1S/C16H16Cl2N2O2/c1-9(2)22-11-5-3-10(4-6-11)16(21)20-15-8-12(17)14(19)7-13(15)18/h3-9H,19H2,1-2H3,(H,20,21). The quantitative estimate of drug-likeness (QED) is 0.799. The third kappa shape index (κ3) is 4.06. The number of ether oxygens (including phenoxy) is 1. The van der Waals surface area contributed by atoms with E-state index >= 15 is 0 Å². The highest BCUT2D eigenvalue weighted by Crippen LogP contribution is 2.31. The van der Waals surface area contributed by atoms with Gasteiger partial charge in [-0.3, -0.25) is 4.79 Å². The van der Waals surface area contributed by atoms with Crippen LogP contribution in [0.3, 0.4) is 0 Å². The lowest BCUT2D eigenvalue weighted by Crippen LogP contribution is -2.12. The van der Waals surface area contributed by atoms with Crippen LogP contribution in [0.1, 0.15) is 24.2 Å². The first-order chi connectivity index (χ1) is 10.4. The number of benzene rings is 2. The summed E-state index contributed by atoms with van der Waals surface area (Å²) in [4.78, 5) is 12.2. The number of nitrogens with one attached hydrogen (secondary N) is 1. The van der Waals surface area contributed by atoms with E-state index < -0.39 is 0 Å². The van der Waals surface area contributed by atoms with E-state index in [-0.39, 0.29) is 12.0 Å². The summed E-state index contributed by atoms with van der Waals surface area (Å²) in [5, 5.41) is 3.37. The Balaban J connectivity index is 2.14. The van der Waals surface area contributed by atoms with E-state index in [2.05, 4.69) is 5.32 Å². The van der Waals surface area contributed by atoms with Crippen molar-refractivity contribution in [2.75, 3.05) is 11.1 Å². The molecule has 0 fully saturated rings. The van der Waals surface area contributed by atoms with Crippen LogP contribution in [0.2, 0.25) is 10.0 Å². The van der Waals surface area contributed by atoms with Crippen LogP contribution in [-0.4, -0.2) is 12.0 Å². The lowest BCUT2D eigenvalue weighted by molar-refractivity contribution is 0.102. The van der Waals surface area contributed by atoms with E-state index in [0.29, 0.717) is 32.7 Å². The summed E-state index contributed by atoms with van der Waals surface area (Å²) in [6, 6.07) is 9.87. The number of halogens is 2. The number of rotatable bonds is 4. The zero-order valence-corrected chi connectivity index (χ0v) is 13.7. The average molecular weight is 339 g/mol. The van der Waals surface area contributed by atoms with Gasteiger partial charge in [-0.2, -0.15) is 0 Å². The second kappa shape index (κ2) is 6.90. The van der Waals surface area contributed by atoms with E-state index in [4.69, 9.17) is 33.7 Å². The Kier molecular flexibility index (Phi) is 5.16. The fourth-order valence-corrected chi connectivity index (χ4v) is 2.19. The Morgan fingerprint density at radius 3 is 2.36 bits per heavy atom. The van der Waals surface area contributed by atoms with Crippen molar-refractivity contribution in [3.05, 3.63) is 52.0 Å². The largest absolute Gasteiger partial charge is 0.491 e. The molecule has 0 heterocycles. The van der Waals surface area contributed by atoms with Gasteiger partial charge in [-0.25, -0.2) is 0 Å². The first-order valence-electron chi connectivity index (χ1n) is 6.69.